The van der Waals surface area contributed by atoms with E-state index in [9.17, 15) is 8.42 Å². The van der Waals surface area contributed by atoms with Crippen molar-refractivity contribution in [3.63, 3.8) is 0 Å². The Morgan fingerprint density at radius 3 is 2.68 bits per heavy atom. The maximum Gasteiger partial charge on any atom is 0.299 e. The minimum atomic E-state index is -3.78. The molecule has 0 fully saturated rings. The lowest BCUT2D eigenvalue weighted by molar-refractivity contribution is 0.204. The highest BCUT2D eigenvalue weighted by molar-refractivity contribution is 7.90. The number of nitriles is 1. The first-order chi connectivity index (χ1) is 9.04. The molecule has 1 rings (SSSR count). The summed E-state index contributed by atoms with van der Waals surface area (Å²) in [4.78, 5) is 0. The molecule has 8 heteroatoms. The van der Waals surface area contributed by atoms with Crippen molar-refractivity contribution < 1.29 is 17.9 Å². The number of para-hydroxylation sites is 1. The number of nitrogens with one attached hydrogen (secondary N) is 2. The van der Waals surface area contributed by atoms with Crippen LogP contribution in [-0.4, -0.2) is 35.8 Å². The van der Waals surface area contributed by atoms with E-state index in [0.29, 0.717) is 0 Å². The second-order valence-electron chi connectivity index (χ2n) is 3.49. The van der Waals surface area contributed by atoms with Gasteiger partial charge < -0.3 is 9.47 Å². The molecule has 0 aliphatic heterocycles. The topological polar surface area (TPSA) is 100 Å². The first kappa shape index (κ1) is 15.2. The third kappa shape index (κ3) is 4.40. The van der Waals surface area contributed by atoms with Gasteiger partial charge in [-0.2, -0.15) is 18.4 Å². The predicted octanol–water partition coefficient (Wildman–Crippen LogP) is 0.460. The Morgan fingerprint density at radius 2 is 2.11 bits per heavy atom. The number of ether oxygens (including phenoxy) is 2. The molecule has 0 saturated carbocycles. The Balaban J connectivity index is 2.95. The van der Waals surface area contributed by atoms with Gasteiger partial charge in [0.15, 0.2) is 0 Å². The molecule has 0 heterocycles. The highest BCUT2D eigenvalue weighted by atomic mass is 32.2. The van der Waals surface area contributed by atoms with Crippen molar-refractivity contribution in [2.45, 2.75) is 0 Å². The van der Waals surface area contributed by atoms with Crippen LogP contribution in [0.5, 0.6) is 5.75 Å². The largest absolute Gasteiger partial charge is 0.495 e. The highest BCUT2D eigenvalue weighted by Gasteiger charge is 2.16. The molecule has 0 atom stereocenters. The van der Waals surface area contributed by atoms with Crippen LogP contribution in [0.25, 0.3) is 0 Å². The number of methoxy groups -OCH3 is 2. The van der Waals surface area contributed by atoms with Gasteiger partial charge in [0.05, 0.1) is 19.3 Å². The van der Waals surface area contributed by atoms with Crippen LogP contribution in [0, 0.1) is 11.3 Å². The van der Waals surface area contributed by atoms with Crippen molar-refractivity contribution in [1.82, 2.24) is 4.72 Å². The number of benzene rings is 1. The minimum absolute atomic E-state index is 0.109. The number of rotatable bonds is 7. The first-order valence-corrected chi connectivity index (χ1v) is 6.86. The van der Waals surface area contributed by atoms with Gasteiger partial charge in [-0.3, -0.25) is 4.72 Å². The van der Waals surface area contributed by atoms with E-state index in [1.165, 1.54) is 20.3 Å². The zero-order valence-electron chi connectivity index (χ0n) is 10.6. The van der Waals surface area contributed by atoms with Gasteiger partial charge in [-0.15, -0.1) is 0 Å². The van der Waals surface area contributed by atoms with Gasteiger partial charge in [0.25, 0.3) is 10.2 Å². The van der Waals surface area contributed by atoms with Gasteiger partial charge in [0.1, 0.15) is 17.5 Å². The van der Waals surface area contributed by atoms with E-state index >= 15 is 0 Å². The molecule has 0 aliphatic carbocycles. The summed E-state index contributed by atoms with van der Waals surface area (Å²) in [5, 5.41) is 8.97. The molecule has 0 spiro atoms. The molecule has 0 bridgehead atoms. The molecule has 2 N–H and O–H groups in total. The fraction of sp³-hybridized carbons (Fsp3) is 0.364. The van der Waals surface area contributed by atoms with E-state index in [0.717, 1.165) is 0 Å². The summed E-state index contributed by atoms with van der Waals surface area (Å²) >= 11 is 0. The molecule has 1 aromatic rings. The van der Waals surface area contributed by atoms with E-state index in [-0.39, 0.29) is 30.2 Å². The molecule has 0 radical (unpaired) electrons. The van der Waals surface area contributed by atoms with E-state index in [4.69, 9.17) is 14.7 Å². The number of anilines is 1. The van der Waals surface area contributed by atoms with Crippen LogP contribution in [0.3, 0.4) is 0 Å². The number of hydrogen-bond acceptors (Lipinski definition) is 5. The van der Waals surface area contributed by atoms with Crippen molar-refractivity contribution >= 4 is 15.9 Å². The summed E-state index contributed by atoms with van der Waals surface area (Å²) in [7, 11) is -0.920. The molecular formula is C11H15N3O4S. The van der Waals surface area contributed by atoms with Crippen LogP contribution in [0.1, 0.15) is 5.56 Å². The number of nitrogens with zero attached hydrogens (tertiary/aromatic N) is 1. The molecule has 7 nitrogen and oxygen atoms in total. The van der Waals surface area contributed by atoms with Crippen molar-refractivity contribution in [3.05, 3.63) is 23.8 Å². The van der Waals surface area contributed by atoms with Gasteiger partial charge in [-0.05, 0) is 12.1 Å². The average Bonchev–Trinajstić information content (AvgIpc) is 2.38. The molecule has 1 aromatic carbocycles. The maximum atomic E-state index is 11.8. The first-order valence-electron chi connectivity index (χ1n) is 5.37. The number of hydrogen-bond donors (Lipinski definition) is 2. The van der Waals surface area contributed by atoms with Crippen molar-refractivity contribution in [2.24, 2.45) is 0 Å². The summed E-state index contributed by atoms with van der Waals surface area (Å²) in [6.45, 7) is 0.376. The van der Waals surface area contributed by atoms with Crippen LogP contribution in [0.2, 0.25) is 0 Å². The lowest BCUT2D eigenvalue weighted by Gasteiger charge is -2.13. The smallest absolute Gasteiger partial charge is 0.299 e. The summed E-state index contributed by atoms with van der Waals surface area (Å²) in [5.41, 5.74) is 0.286. The van der Waals surface area contributed by atoms with Crippen LogP contribution >= 0.6 is 0 Å². The normalized spacial score (nSPS) is 10.8. The molecule has 104 valence electrons. The van der Waals surface area contributed by atoms with E-state index < -0.39 is 10.2 Å². The quantitative estimate of drug-likeness (QED) is 0.709. The van der Waals surface area contributed by atoms with Crippen LogP contribution in [0.15, 0.2) is 18.2 Å². The summed E-state index contributed by atoms with van der Waals surface area (Å²) < 4.78 is 37.9. The Morgan fingerprint density at radius 1 is 1.37 bits per heavy atom. The van der Waals surface area contributed by atoms with Gasteiger partial charge >= 0.3 is 0 Å². The molecule has 0 aliphatic rings. The van der Waals surface area contributed by atoms with Crippen molar-refractivity contribution in [1.29, 1.82) is 5.26 Å². The van der Waals surface area contributed by atoms with Crippen molar-refractivity contribution in [3.8, 4) is 11.8 Å². The highest BCUT2D eigenvalue weighted by Crippen LogP contribution is 2.28. The Bertz CT molecular complexity index is 566. The standard InChI is InChI=1S/C11H15N3O4S/c1-17-7-6-13-19(15,16)14-11-9(8-12)4-3-5-10(11)18-2/h3-5,13-14H,6-7H2,1-2H3. The van der Waals surface area contributed by atoms with Crippen molar-refractivity contribution in [2.75, 3.05) is 32.1 Å². The zero-order valence-corrected chi connectivity index (χ0v) is 11.5. The van der Waals surface area contributed by atoms with E-state index in [1.54, 1.807) is 12.1 Å². The van der Waals surface area contributed by atoms with E-state index in [1.807, 2.05) is 6.07 Å². The summed E-state index contributed by atoms with van der Waals surface area (Å²) in [6.07, 6.45) is 0. The summed E-state index contributed by atoms with van der Waals surface area (Å²) in [6, 6.07) is 6.56. The second-order valence-corrected chi connectivity index (χ2v) is 4.99. The average molecular weight is 285 g/mol. The Labute approximate surface area is 112 Å². The van der Waals surface area contributed by atoms with Crippen LogP contribution in [-0.2, 0) is 14.9 Å². The van der Waals surface area contributed by atoms with Gasteiger partial charge in [-0.1, -0.05) is 6.07 Å². The molecule has 19 heavy (non-hydrogen) atoms. The lowest BCUT2D eigenvalue weighted by atomic mass is 10.2. The third-order valence-electron chi connectivity index (χ3n) is 2.20. The maximum absolute atomic E-state index is 11.8. The van der Waals surface area contributed by atoms with Gasteiger partial charge in [-0.25, -0.2) is 0 Å². The van der Waals surface area contributed by atoms with Crippen LogP contribution in [0.4, 0.5) is 5.69 Å². The molecule has 0 saturated heterocycles. The summed E-state index contributed by atoms with van der Waals surface area (Å²) in [5.74, 6) is 0.274. The van der Waals surface area contributed by atoms with Crippen LogP contribution < -0.4 is 14.2 Å². The van der Waals surface area contributed by atoms with E-state index in [2.05, 4.69) is 9.44 Å². The molecule has 0 aromatic heterocycles. The molecule has 0 amide bonds. The molecule has 0 unspecified atom stereocenters. The monoisotopic (exact) mass is 285 g/mol. The predicted molar refractivity (Wildman–Crippen MR) is 70.1 cm³/mol. The second kappa shape index (κ2) is 6.94. The van der Waals surface area contributed by atoms with Gasteiger partial charge in [0.2, 0.25) is 0 Å². The fourth-order valence-corrected chi connectivity index (χ4v) is 2.25. The third-order valence-corrected chi connectivity index (χ3v) is 3.26. The minimum Gasteiger partial charge on any atom is -0.495 e. The lowest BCUT2D eigenvalue weighted by Crippen LogP contribution is -2.33. The Kier molecular flexibility index (Phi) is 5.57. The zero-order chi connectivity index (χ0) is 14.3. The van der Waals surface area contributed by atoms with Gasteiger partial charge in [0, 0.05) is 13.7 Å². The SMILES string of the molecule is COCCNS(=O)(=O)Nc1c(C#N)cccc1OC. The fourth-order valence-electron chi connectivity index (χ4n) is 1.35. The molecular weight excluding hydrogens is 270 g/mol. The Hall–Kier alpha value is -1.82.